The van der Waals surface area contributed by atoms with E-state index in [1.54, 1.807) is 0 Å². The lowest BCUT2D eigenvalue weighted by Crippen LogP contribution is -2.29. The molecule has 1 aliphatic heterocycles. The number of pyridine rings is 1. The van der Waals surface area contributed by atoms with Crippen molar-refractivity contribution in [2.75, 3.05) is 26.2 Å². The average Bonchev–Trinajstić information content (AvgIpc) is 2.70. The summed E-state index contributed by atoms with van der Waals surface area (Å²) in [5.41, 5.74) is 1.30. The van der Waals surface area contributed by atoms with E-state index in [9.17, 15) is 15.3 Å². The van der Waals surface area contributed by atoms with Crippen molar-refractivity contribution < 1.29 is 14.9 Å². The fourth-order valence-corrected chi connectivity index (χ4v) is 3.26. The summed E-state index contributed by atoms with van der Waals surface area (Å²) in [7, 11) is 0. The van der Waals surface area contributed by atoms with Crippen LogP contribution in [0.2, 0.25) is 0 Å². The molecule has 2 heterocycles. The zero-order chi connectivity index (χ0) is 19.8. The van der Waals surface area contributed by atoms with E-state index in [4.69, 9.17) is 4.74 Å². The number of nitrogens with zero attached hydrogens (tertiary/aromatic N) is 4. The van der Waals surface area contributed by atoms with Gasteiger partial charge in [-0.25, -0.2) is 0 Å². The zero-order valence-electron chi connectivity index (χ0n) is 15.9. The molecule has 8 nitrogen and oxygen atoms in total. The van der Waals surface area contributed by atoms with Crippen molar-refractivity contribution in [1.82, 2.24) is 9.63 Å². The highest BCUT2D eigenvalue weighted by Crippen LogP contribution is 2.17. The third-order valence-corrected chi connectivity index (χ3v) is 4.71. The normalized spacial score (nSPS) is 15.5. The number of rotatable bonds is 8. The molecule has 3 rings (SSSR count). The molecule has 1 aromatic carbocycles. The Hall–Kier alpha value is -2.87. The number of likely N-dealkylation sites (tertiary alicyclic amines) is 1. The molecular formula is C20H26N4O4. The Morgan fingerprint density at radius 1 is 1.18 bits per heavy atom. The van der Waals surface area contributed by atoms with Crippen LogP contribution in [0.3, 0.4) is 0 Å². The van der Waals surface area contributed by atoms with Gasteiger partial charge >= 0.3 is 0 Å². The maximum atomic E-state index is 10.8. The molecular weight excluding hydrogens is 360 g/mol. The van der Waals surface area contributed by atoms with Gasteiger partial charge < -0.3 is 9.94 Å². The Labute approximate surface area is 163 Å². The summed E-state index contributed by atoms with van der Waals surface area (Å²) in [4.78, 5) is 17.0. The van der Waals surface area contributed by atoms with E-state index in [1.807, 2.05) is 12.1 Å². The van der Waals surface area contributed by atoms with Crippen LogP contribution in [0.15, 0.2) is 47.6 Å². The first kappa shape index (κ1) is 19.9. The summed E-state index contributed by atoms with van der Waals surface area (Å²) in [5.74, 6) is 0.835. The summed E-state index contributed by atoms with van der Waals surface area (Å²) in [6, 6.07) is 10.6. The number of nitro groups is 1. The van der Waals surface area contributed by atoms with Crippen molar-refractivity contribution in [2.24, 2.45) is 4.99 Å². The molecule has 0 spiro atoms. The smallest absolute Gasteiger partial charge is 0.274 e. The fourth-order valence-electron chi connectivity index (χ4n) is 3.26. The van der Waals surface area contributed by atoms with Gasteiger partial charge in [0.15, 0.2) is 5.49 Å². The van der Waals surface area contributed by atoms with Crippen LogP contribution in [-0.4, -0.2) is 46.0 Å². The van der Waals surface area contributed by atoms with Crippen LogP contribution in [0.5, 0.6) is 5.75 Å². The van der Waals surface area contributed by atoms with E-state index in [1.165, 1.54) is 43.2 Å². The minimum Gasteiger partial charge on any atom is -0.494 e. The van der Waals surface area contributed by atoms with Crippen molar-refractivity contribution in [3.63, 3.8) is 0 Å². The van der Waals surface area contributed by atoms with Crippen LogP contribution < -0.4 is 10.2 Å². The molecule has 1 aliphatic rings. The minimum atomic E-state index is -0.515. The highest BCUT2D eigenvalue weighted by atomic mass is 16.6. The van der Waals surface area contributed by atoms with E-state index >= 15 is 0 Å². The molecule has 0 amide bonds. The SMILES string of the molecule is O=[N+]([O-])c1ccn(O)c(=NCCCOc2cccc(CN3CCCCC3)c2)c1. The monoisotopic (exact) mass is 386 g/mol. The summed E-state index contributed by atoms with van der Waals surface area (Å²) in [6.45, 7) is 4.16. The molecule has 1 N–H and O–H groups in total. The van der Waals surface area contributed by atoms with Gasteiger partial charge in [0.25, 0.3) is 5.69 Å². The van der Waals surface area contributed by atoms with Crippen LogP contribution in [0.4, 0.5) is 5.69 Å². The van der Waals surface area contributed by atoms with Crippen molar-refractivity contribution in [2.45, 2.75) is 32.2 Å². The molecule has 150 valence electrons. The maximum absolute atomic E-state index is 10.8. The van der Waals surface area contributed by atoms with Crippen LogP contribution >= 0.6 is 0 Å². The maximum Gasteiger partial charge on any atom is 0.274 e. The Balaban J connectivity index is 1.48. The fraction of sp³-hybridized carbons (Fsp3) is 0.450. The standard InChI is InChI=1S/C20H26N4O4/c25-23-12-8-18(24(26)27)15-20(23)21-9-5-13-28-19-7-4-6-17(14-19)16-22-10-2-1-3-11-22/h4,6-8,12,14-15,25H,1-3,5,9-11,13,16H2. The quantitative estimate of drug-likeness (QED) is 0.326. The second-order valence-corrected chi connectivity index (χ2v) is 6.91. The van der Waals surface area contributed by atoms with E-state index in [-0.39, 0.29) is 11.2 Å². The molecule has 0 bridgehead atoms. The van der Waals surface area contributed by atoms with Gasteiger partial charge in [-0.1, -0.05) is 18.6 Å². The lowest BCUT2D eigenvalue weighted by molar-refractivity contribution is -0.385. The first-order valence-corrected chi connectivity index (χ1v) is 9.63. The second kappa shape index (κ2) is 9.89. The number of hydrogen-bond donors (Lipinski definition) is 1. The van der Waals surface area contributed by atoms with Gasteiger partial charge in [-0.05, 0) is 43.6 Å². The Morgan fingerprint density at radius 3 is 2.79 bits per heavy atom. The summed E-state index contributed by atoms with van der Waals surface area (Å²) in [5, 5.41) is 20.5. The average molecular weight is 386 g/mol. The second-order valence-electron chi connectivity index (χ2n) is 6.91. The van der Waals surface area contributed by atoms with Crippen molar-refractivity contribution in [1.29, 1.82) is 0 Å². The first-order chi connectivity index (χ1) is 13.6. The number of piperidine rings is 1. The van der Waals surface area contributed by atoms with Crippen molar-refractivity contribution >= 4 is 5.69 Å². The summed E-state index contributed by atoms with van der Waals surface area (Å²) < 4.78 is 6.59. The molecule has 2 aromatic rings. The minimum absolute atomic E-state index is 0.106. The lowest BCUT2D eigenvalue weighted by atomic mass is 10.1. The highest BCUT2D eigenvalue weighted by molar-refractivity contribution is 5.28. The van der Waals surface area contributed by atoms with Crippen LogP contribution in [-0.2, 0) is 6.54 Å². The van der Waals surface area contributed by atoms with Gasteiger partial charge in [0.2, 0.25) is 0 Å². The van der Waals surface area contributed by atoms with E-state index < -0.39 is 4.92 Å². The van der Waals surface area contributed by atoms with Crippen LogP contribution in [0.1, 0.15) is 31.2 Å². The number of hydrogen-bond acceptors (Lipinski definition) is 6. The lowest BCUT2D eigenvalue weighted by Gasteiger charge is -2.26. The summed E-state index contributed by atoms with van der Waals surface area (Å²) >= 11 is 0. The van der Waals surface area contributed by atoms with E-state index in [2.05, 4.69) is 22.0 Å². The van der Waals surface area contributed by atoms with Crippen molar-refractivity contribution in [3.05, 3.63) is 63.8 Å². The Kier molecular flexibility index (Phi) is 7.02. The number of ether oxygens (including phenoxy) is 1. The molecule has 1 aromatic heterocycles. The van der Waals surface area contributed by atoms with Gasteiger partial charge in [-0.15, -0.1) is 0 Å². The third-order valence-electron chi connectivity index (χ3n) is 4.71. The zero-order valence-corrected chi connectivity index (χ0v) is 15.9. The topological polar surface area (TPSA) is 93.1 Å². The Bertz CT molecular complexity index is 859. The summed E-state index contributed by atoms with van der Waals surface area (Å²) in [6.07, 6.45) is 5.73. The predicted octanol–water partition coefficient (Wildman–Crippen LogP) is 2.99. The number of aromatic nitrogens is 1. The van der Waals surface area contributed by atoms with Gasteiger partial charge in [0.1, 0.15) is 5.75 Å². The molecule has 0 saturated carbocycles. The first-order valence-electron chi connectivity index (χ1n) is 9.63. The van der Waals surface area contributed by atoms with E-state index in [0.29, 0.717) is 19.6 Å². The van der Waals surface area contributed by atoms with Gasteiger partial charge in [0.05, 0.1) is 23.8 Å². The highest BCUT2D eigenvalue weighted by Gasteiger charge is 2.10. The largest absolute Gasteiger partial charge is 0.494 e. The molecule has 1 fully saturated rings. The van der Waals surface area contributed by atoms with E-state index in [0.717, 1.165) is 30.1 Å². The molecule has 28 heavy (non-hydrogen) atoms. The van der Waals surface area contributed by atoms with Gasteiger partial charge in [-0.2, -0.15) is 4.73 Å². The van der Waals surface area contributed by atoms with Crippen LogP contribution in [0.25, 0.3) is 0 Å². The molecule has 0 aliphatic carbocycles. The molecule has 0 atom stereocenters. The molecule has 0 unspecified atom stereocenters. The Morgan fingerprint density at radius 2 is 2.00 bits per heavy atom. The van der Waals surface area contributed by atoms with Gasteiger partial charge in [-0.3, -0.25) is 20.0 Å². The third kappa shape index (κ3) is 5.82. The predicted molar refractivity (Wildman–Crippen MR) is 104 cm³/mol. The van der Waals surface area contributed by atoms with Crippen LogP contribution in [0, 0.1) is 10.1 Å². The van der Waals surface area contributed by atoms with Crippen molar-refractivity contribution in [3.8, 4) is 5.75 Å². The molecule has 0 radical (unpaired) electrons. The molecule has 8 heteroatoms. The molecule has 1 saturated heterocycles. The van der Waals surface area contributed by atoms with Gasteiger partial charge in [0, 0.05) is 25.6 Å². The number of benzene rings is 1.